The molecule has 3 amide bonds. The molecule has 2 heterocycles. The third-order valence-corrected chi connectivity index (χ3v) is 8.49. The first-order valence-corrected chi connectivity index (χ1v) is 14.3. The van der Waals surface area contributed by atoms with E-state index in [9.17, 15) is 23.9 Å². The summed E-state index contributed by atoms with van der Waals surface area (Å²) in [5, 5.41) is 13.3. The minimum absolute atomic E-state index is 0.0731. The minimum Gasteiger partial charge on any atom is -0.321 e. The average molecular weight is 580 g/mol. The number of rotatable bonds is 6. The van der Waals surface area contributed by atoms with Crippen molar-refractivity contribution in [2.45, 2.75) is 52.6 Å². The summed E-state index contributed by atoms with van der Waals surface area (Å²) < 4.78 is 12.0. The van der Waals surface area contributed by atoms with Gasteiger partial charge in [0.05, 0.1) is 38.8 Å². The molecular formula is C25H28Cl2N5O5P. The Morgan fingerprint density at radius 2 is 1.71 bits per heavy atom. The van der Waals surface area contributed by atoms with Crippen molar-refractivity contribution in [3.05, 3.63) is 68.3 Å². The molecule has 0 radical (unpaired) electrons. The number of hydrogen-bond acceptors (Lipinski definition) is 4. The maximum absolute atomic E-state index is 13.3. The Kier molecular flexibility index (Phi) is 7.67. The van der Waals surface area contributed by atoms with E-state index in [-0.39, 0.29) is 17.7 Å². The predicted molar refractivity (Wildman–Crippen MR) is 147 cm³/mol. The van der Waals surface area contributed by atoms with E-state index in [1.54, 1.807) is 30.0 Å². The molecule has 1 aliphatic heterocycles. The first-order valence-electron chi connectivity index (χ1n) is 11.9. The Hall–Kier alpha value is -2.88. The Labute approximate surface area is 229 Å². The molecule has 0 spiro atoms. The van der Waals surface area contributed by atoms with E-state index in [1.807, 2.05) is 20.8 Å². The van der Waals surface area contributed by atoms with E-state index in [0.29, 0.717) is 56.5 Å². The van der Waals surface area contributed by atoms with Crippen molar-refractivity contribution in [2.75, 3.05) is 10.6 Å². The fourth-order valence-electron chi connectivity index (χ4n) is 4.88. The molecule has 1 aromatic heterocycles. The molecule has 10 nitrogen and oxygen atoms in total. The molecule has 13 heteroatoms. The number of benzene rings is 2. The average Bonchev–Trinajstić information content (AvgIpc) is 3.37. The van der Waals surface area contributed by atoms with Crippen LogP contribution in [0.15, 0.2) is 30.3 Å². The van der Waals surface area contributed by atoms with Gasteiger partial charge in [-0.1, -0.05) is 43.1 Å². The Bertz CT molecular complexity index is 1460. The topological polar surface area (TPSA) is 148 Å². The van der Waals surface area contributed by atoms with Crippen LogP contribution in [0, 0.1) is 0 Å². The lowest BCUT2D eigenvalue weighted by Crippen LogP contribution is -2.43. The van der Waals surface area contributed by atoms with Gasteiger partial charge in [-0.25, -0.2) is 4.79 Å². The van der Waals surface area contributed by atoms with Crippen LogP contribution >= 0.6 is 30.8 Å². The lowest BCUT2D eigenvalue weighted by molar-refractivity contribution is 0.102. The summed E-state index contributed by atoms with van der Waals surface area (Å²) in [6, 6.07) is 7.22. The quantitative estimate of drug-likeness (QED) is 0.254. The number of hydrogen-bond donors (Lipinski definition) is 5. The van der Waals surface area contributed by atoms with E-state index in [2.05, 4.69) is 20.8 Å². The highest BCUT2D eigenvalue weighted by molar-refractivity contribution is 7.60. The molecule has 0 aliphatic carbocycles. The van der Waals surface area contributed by atoms with Crippen LogP contribution in [0.4, 0.5) is 16.3 Å². The Balaban J connectivity index is 1.61. The summed E-state index contributed by atoms with van der Waals surface area (Å²) in [5.41, 5.74) is 2.14. The van der Waals surface area contributed by atoms with Crippen LogP contribution in [0.3, 0.4) is 0 Å². The number of fused-ring (bicyclic) bond motifs is 1. The number of aromatic nitrogens is 2. The highest BCUT2D eigenvalue weighted by Crippen LogP contribution is 2.42. The number of anilines is 2. The number of H-pyrrole nitrogens is 1. The van der Waals surface area contributed by atoms with Crippen molar-refractivity contribution >= 4 is 59.5 Å². The van der Waals surface area contributed by atoms with E-state index in [0.717, 1.165) is 0 Å². The van der Waals surface area contributed by atoms with E-state index in [1.165, 1.54) is 12.1 Å². The summed E-state index contributed by atoms with van der Waals surface area (Å²) in [6.45, 7) is 7.46. The highest BCUT2D eigenvalue weighted by atomic mass is 35.5. The zero-order valence-electron chi connectivity index (χ0n) is 21.2. The first kappa shape index (κ1) is 28.1. The van der Waals surface area contributed by atoms with Gasteiger partial charge < -0.3 is 25.3 Å². The van der Waals surface area contributed by atoms with E-state index in [4.69, 9.17) is 23.2 Å². The fourth-order valence-corrected chi connectivity index (χ4v) is 6.28. The van der Waals surface area contributed by atoms with Gasteiger partial charge in [0.15, 0.2) is 5.82 Å². The number of urea groups is 1. The van der Waals surface area contributed by atoms with Gasteiger partial charge in [-0.2, -0.15) is 5.10 Å². The van der Waals surface area contributed by atoms with Crippen LogP contribution in [0.25, 0.3) is 0 Å². The van der Waals surface area contributed by atoms with Gasteiger partial charge in [-0.15, -0.1) is 0 Å². The molecule has 38 heavy (non-hydrogen) atoms. The molecule has 0 saturated heterocycles. The predicted octanol–water partition coefficient (Wildman–Crippen LogP) is 5.18. The Morgan fingerprint density at radius 3 is 2.29 bits per heavy atom. The maximum Gasteiger partial charge on any atom is 0.356 e. The van der Waals surface area contributed by atoms with Crippen LogP contribution in [0.2, 0.25) is 10.0 Å². The third kappa shape index (κ3) is 4.95. The highest BCUT2D eigenvalue weighted by Gasteiger charge is 2.44. The van der Waals surface area contributed by atoms with Crippen molar-refractivity contribution in [2.24, 2.45) is 0 Å². The van der Waals surface area contributed by atoms with Gasteiger partial charge in [0.25, 0.3) is 5.91 Å². The molecule has 3 aromatic rings. The van der Waals surface area contributed by atoms with Gasteiger partial charge in [0, 0.05) is 11.1 Å². The number of aromatic amines is 1. The van der Waals surface area contributed by atoms with Crippen molar-refractivity contribution in [3.63, 3.8) is 0 Å². The molecule has 2 aromatic carbocycles. The van der Waals surface area contributed by atoms with Crippen LogP contribution in [-0.2, 0) is 29.5 Å². The maximum atomic E-state index is 13.3. The standard InChI is InChI=1S/C25H28Cl2N5O5P/c1-5-13-14(6-2)19(38(35,36)37)11-10-15(13)23(33)29-22-16-12-32(25(3,4)21(16)30-31-22)24(34)28-20-17(26)8-7-9-18(20)27/h7-11H,5-6,12H2,1-4H3,(H,28,34)(H2,35,36,37)(H2,29,30,31,33). The molecule has 0 fully saturated rings. The lowest BCUT2D eigenvalue weighted by Gasteiger charge is -2.32. The number of para-hydroxylation sites is 1. The third-order valence-electron chi connectivity index (χ3n) is 6.81. The second-order valence-electron chi connectivity index (χ2n) is 9.39. The molecule has 202 valence electrons. The summed E-state index contributed by atoms with van der Waals surface area (Å²) in [7, 11) is -4.50. The number of nitrogens with one attached hydrogen (secondary N) is 3. The fraction of sp³-hybridized carbons (Fsp3) is 0.320. The first-order chi connectivity index (χ1) is 17.8. The van der Waals surface area contributed by atoms with Gasteiger partial charge in [-0.05, 0) is 62.1 Å². The number of nitrogens with zero attached hydrogens (tertiary/aromatic N) is 2. The summed E-state index contributed by atoms with van der Waals surface area (Å²) in [6.07, 6.45) is 0.764. The number of carbonyl (C=O) groups excluding carboxylic acids is 2. The van der Waals surface area contributed by atoms with Crippen LogP contribution in [0.5, 0.6) is 0 Å². The van der Waals surface area contributed by atoms with Crippen LogP contribution < -0.4 is 15.9 Å². The molecule has 1 aliphatic rings. The van der Waals surface area contributed by atoms with Gasteiger partial charge in [0.1, 0.15) is 0 Å². The van der Waals surface area contributed by atoms with Crippen molar-refractivity contribution < 1.29 is 23.9 Å². The zero-order chi connectivity index (χ0) is 28.0. The molecule has 0 bridgehead atoms. The molecule has 0 saturated carbocycles. The van der Waals surface area contributed by atoms with E-state index < -0.39 is 25.1 Å². The largest absolute Gasteiger partial charge is 0.356 e. The summed E-state index contributed by atoms with van der Waals surface area (Å²) in [5.74, 6) is -0.199. The second kappa shape index (κ2) is 10.4. The number of halogens is 2. The van der Waals surface area contributed by atoms with Crippen LogP contribution in [0.1, 0.15) is 60.4 Å². The van der Waals surface area contributed by atoms with Crippen LogP contribution in [-0.4, -0.2) is 36.8 Å². The number of carbonyl (C=O) groups is 2. The minimum atomic E-state index is -4.50. The van der Waals surface area contributed by atoms with E-state index >= 15 is 0 Å². The summed E-state index contributed by atoms with van der Waals surface area (Å²) in [4.78, 5) is 47.6. The molecule has 0 atom stereocenters. The van der Waals surface area contributed by atoms with Crippen molar-refractivity contribution in [3.8, 4) is 0 Å². The normalized spacial score (nSPS) is 14.4. The van der Waals surface area contributed by atoms with Gasteiger partial charge >= 0.3 is 13.6 Å². The summed E-state index contributed by atoms with van der Waals surface area (Å²) >= 11 is 12.4. The zero-order valence-corrected chi connectivity index (χ0v) is 23.6. The molecule has 5 N–H and O–H groups in total. The molecular weight excluding hydrogens is 552 g/mol. The molecule has 4 rings (SSSR count). The Morgan fingerprint density at radius 1 is 1.08 bits per heavy atom. The molecule has 0 unspecified atom stereocenters. The van der Waals surface area contributed by atoms with Gasteiger partial charge in [0.2, 0.25) is 0 Å². The van der Waals surface area contributed by atoms with Crippen molar-refractivity contribution in [1.29, 1.82) is 0 Å². The lowest BCUT2D eigenvalue weighted by atomic mass is 9.96. The monoisotopic (exact) mass is 579 g/mol. The SMILES string of the molecule is CCc1c(C(=O)Nc2n[nH]c3c2CN(C(=O)Nc2c(Cl)cccc2Cl)C3(C)C)ccc(P(=O)(O)O)c1CC. The van der Waals surface area contributed by atoms with Crippen molar-refractivity contribution in [1.82, 2.24) is 15.1 Å². The van der Waals surface area contributed by atoms with Gasteiger partial charge in [-0.3, -0.25) is 14.5 Å². The smallest absolute Gasteiger partial charge is 0.321 e. The number of amides is 3. The second-order valence-corrected chi connectivity index (χ2v) is 11.8.